The molecule has 1 rings (SSSR count). The number of benzene rings is 1. The summed E-state index contributed by atoms with van der Waals surface area (Å²) >= 11 is 0. The molecule has 19 heavy (non-hydrogen) atoms. The van der Waals surface area contributed by atoms with E-state index in [1.54, 1.807) is 0 Å². The van der Waals surface area contributed by atoms with Gasteiger partial charge >= 0.3 is 0 Å². The van der Waals surface area contributed by atoms with Crippen molar-refractivity contribution in [3.63, 3.8) is 0 Å². The zero-order valence-corrected chi connectivity index (χ0v) is 12.1. The van der Waals surface area contributed by atoms with Gasteiger partial charge in [-0.05, 0) is 24.3 Å². The van der Waals surface area contributed by atoms with Gasteiger partial charge in [0.05, 0.1) is 23.0 Å². The van der Waals surface area contributed by atoms with E-state index in [-0.39, 0.29) is 23.0 Å². The van der Waals surface area contributed by atoms with Crippen LogP contribution >= 0.6 is 0 Å². The number of ether oxygens (including phenoxy) is 1. The second kappa shape index (κ2) is 6.44. The fourth-order valence-electron chi connectivity index (χ4n) is 1.16. The zero-order valence-electron chi connectivity index (χ0n) is 10.5. The lowest BCUT2D eigenvalue weighted by Crippen LogP contribution is -2.25. The first-order valence-corrected chi connectivity index (χ1v) is 8.57. The van der Waals surface area contributed by atoms with Crippen molar-refractivity contribution in [2.45, 2.75) is 9.79 Å². The van der Waals surface area contributed by atoms with Crippen molar-refractivity contribution in [2.24, 2.45) is 0 Å². The highest BCUT2D eigenvalue weighted by Crippen LogP contribution is 2.14. The van der Waals surface area contributed by atoms with Crippen LogP contribution in [-0.2, 0) is 29.4 Å². The van der Waals surface area contributed by atoms with Crippen LogP contribution in [0.25, 0.3) is 0 Å². The Kier molecular flexibility index (Phi) is 5.44. The van der Waals surface area contributed by atoms with Crippen molar-refractivity contribution in [2.75, 3.05) is 26.6 Å². The predicted octanol–water partition coefficient (Wildman–Crippen LogP) is -0.0536. The van der Waals surface area contributed by atoms with Gasteiger partial charge in [-0.3, -0.25) is 4.84 Å². The van der Waals surface area contributed by atoms with Gasteiger partial charge in [-0.2, -0.15) is 0 Å². The van der Waals surface area contributed by atoms with Crippen LogP contribution in [0.3, 0.4) is 0 Å². The molecule has 108 valence electrons. The number of hydrogen-bond donors (Lipinski definition) is 1. The lowest BCUT2D eigenvalue weighted by atomic mass is 10.4. The topological polar surface area (TPSA) is 98.8 Å². The summed E-state index contributed by atoms with van der Waals surface area (Å²) in [7, 11) is -5.72. The number of sulfonamides is 1. The molecule has 0 spiro atoms. The van der Waals surface area contributed by atoms with Crippen LogP contribution in [0.4, 0.5) is 0 Å². The summed E-state index contributed by atoms with van der Waals surface area (Å²) in [6.45, 7) is 0.312. The quantitative estimate of drug-likeness (QED) is 0.560. The van der Waals surface area contributed by atoms with Crippen molar-refractivity contribution in [3.8, 4) is 0 Å². The van der Waals surface area contributed by atoms with Gasteiger partial charge in [-0.15, -0.1) is 0 Å². The van der Waals surface area contributed by atoms with Crippen LogP contribution in [0, 0.1) is 0 Å². The van der Waals surface area contributed by atoms with E-state index in [1.165, 1.54) is 31.4 Å². The van der Waals surface area contributed by atoms with Gasteiger partial charge in [0.1, 0.15) is 0 Å². The fraction of sp³-hybridized carbons (Fsp3) is 0.400. The first kappa shape index (κ1) is 16.1. The van der Waals surface area contributed by atoms with Crippen molar-refractivity contribution >= 4 is 19.9 Å². The number of rotatable bonds is 7. The number of sulfone groups is 1. The standard InChI is InChI=1S/C10H15NO6S2/c1-16-7-8-17-11-19(14,15)10-5-3-9(4-6-10)18(2,12)13/h3-6,11H,7-8H2,1-2H3. The van der Waals surface area contributed by atoms with E-state index in [0.29, 0.717) is 0 Å². The van der Waals surface area contributed by atoms with Gasteiger partial charge in [-0.1, -0.05) is 4.89 Å². The summed E-state index contributed by atoms with van der Waals surface area (Å²) in [6.07, 6.45) is 1.04. The Labute approximate surface area is 112 Å². The zero-order chi connectivity index (χ0) is 14.5. The highest BCUT2D eigenvalue weighted by atomic mass is 32.2. The van der Waals surface area contributed by atoms with Crippen LogP contribution in [0.5, 0.6) is 0 Å². The second-order valence-corrected chi connectivity index (χ2v) is 7.33. The molecule has 0 aliphatic rings. The summed E-state index contributed by atoms with van der Waals surface area (Å²) < 4.78 is 50.6. The Morgan fingerprint density at radius 3 is 2.00 bits per heavy atom. The maximum Gasteiger partial charge on any atom is 0.262 e. The molecule has 0 heterocycles. The Morgan fingerprint density at radius 1 is 1.00 bits per heavy atom. The minimum absolute atomic E-state index is 0.0479. The average Bonchev–Trinajstić information content (AvgIpc) is 2.34. The van der Waals surface area contributed by atoms with Crippen LogP contribution in [-0.4, -0.2) is 43.4 Å². The molecule has 0 aliphatic carbocycles. The van der Waals surface area contributed by atoms with Crippen molar-refractivity contribution in [3.05, 3.63) is 24.3 Å². The molecular weight excluding hydrogens is 294 g/mol. The minimum Gasteiger partial charge on any atom is -0.382 e. The molecule has 0 aromatic heterocycles. The third kappa shape index (κ3) is 4.88. The molecule has 9 heteroatoms. The Bertz CT molecular complexity index is 606. The molecule has 7 nitrogen and oxygen atoms in total. The SMILES string of the molecule is COCCONS(=O)(=O)c1ccc(S(C)(=O)=O)cc1. The van der Waals surface area contributed by atoms with Gasteiger partial charge < -0.3 is 4.74 Å². The lowest BCUT2D eigenvalue weighted by Gasteiger charge is -2.07. The van der Waals surface area contributed by atoms with Crippen LogP contribution in [0.1, 0.15) is 0 Å². The lowest BCUT2D eigenvalue weighted by molar-refractivity contribution is 0.0438. The normalized spacial score (nSPS) is 12.5. The third-order valence-electron chi connectivity index (χ3n) is 2.12. The first-order chi connectivity index (χ1) is 8.77. The summed E-state index contributed by atoms with van der Waals surface area (Å²) in [5.74, 6) is 0. The fourth-order valence-corrected chi connectivity index (χ4v) is 2.62. The summed E-state index contributed by atoms with van der Waals surface area (Å²) in [4.78, 5) is 6.58. The maximum absolute atomic E-state index is 11.7. The van der Waals surface area contributed by atoms with E-state index in [2.05, 4.69) is 4.74 Å². The summed E-state index contributed by atoms with van der Waals surface area (Å²) in [5, 5.41) is 0. The van der Waals surface area contributed by atoms with Crippen molar-refractivity contribution in [1.29, 1.82) is 0 Å². The Hall–Kier alpha value is -1.00. The molecule has 0 unspecified atom stereocenters. The van der Waals surface area contributed by atoms with E-state index in [4.69, 9.17) is 4.84 Å². The number of nitrogens with one attached hydrogen (secondary N) is 1. The highest BCUT2D eigenvalue weighted by molar-refractivity contribution is 7.90. The average molecular weight is 309 g/mol. The van der Waals surface area contributed by atoms with E-state index >= 15 is 0 Å². The molecule has 0 atom stereocenters. The maximum atomic E-state index is 11.7. The third-order valence-corrected chi connectivity index (χ3v) is 4.48. The van der Waals surface area contributed by atoms with Crippen LogP contribution in [0.2, 0.25) is 0 Å². The van der Waals surface area contributed by atoms with Gasteiger partial charge in [0, 0.05) is 13.4 Å². The minimum atomic E-state index is -3.83. The monoisotopic (exact) mass is 309 g/mol. The number of methoxy groups -OCH3 is 1. The molecule has 1 N–H and O–H groups in total. The highest BCUT2D eigenvalue weighted by Gasteiger charge is 2.15. The first-order valence-electron chi connectivity index (χ1n) is 5.20. The van der Waals surface area contributed by atoms with E-state index in [0.717, 1.165) is 6.26 Å². The Balaban J connectivity index is 2.80. The van der Waals surface area contributed by atoms with E-state index < -0.39 is 19.9 Å². The number of hydrogen-bond acceptors (Lipinski definition) is 6. The molecule has 0 saturated carbocycles. The van der Waals surface area contributed by atoms with E-state index in [9.17, 15) is 16.8 Å². The van der Waals surface area contributed by atoms with Crippen LogP contribution < -0.4 is 4.89 Å². The molecule has 0 amide bonds. The largest absolute Gasteiger partial charge is 0.382 e. The molecular formula is C10H15NO6S2. The molecule has 0 bridgehead atoms. The molecule has 0 saturated heterocycles. The Morgan fingerprint density at radius 2 is 1.53 bits per heavy atom. The molecule has 0 aliphatic heterocycles. The summed E-state index contributed by atoms with van der Waals surface area (Å²) in [6, 6.07) is 4.83. The second-order valence-electron chi connectivity index (χ2n) is 3.67. The molecule has 0 fully saturated rings. The van der Waals surface area contributed by atoms with Gasteiger partial charge in [0.15, 0.2) is 9.84 Å². The van der Waals surface area contributed by atoms with Gasteiger partial charge in [0.25, 0.3) is 10.0 Å². The molecule has 0 radical (unpaired) electrons. The summed E-state index contributed by atoms with van der Waals surface area (Å²) in [5.41, 5.74) is 0. The smallest absolute Gasteiger partial charge is 0.262 e. The van der Waals surface area contributed by atoms with Gasteiger partial charge in [-0.25, -0.2) is 16.8 Å². The van der Waals surface area contributed by atoms with Crippen molar-refractivity contribution in [1.82, 2.24) is 4.89 Å². The predicted molar refractivity (Wildman–Crippen MR) is 67.7 cm³/mol. The van der Waals surface area contributed by atoms with E-state index in [1.807, 2.05) is 4.89 Å². The molecule has 1 aromatic rings. The van der Waals surface area contributed by atoms with Gasteiger partial charge in [0.2, 0.25) is 0 Å². The van der Waals surface area contributed by atoms with Crippen LogP contribution in [0.15, 0.2) is 34.1 Å². The van der Waals surface area contributed by atoms with Crippen molar-refractivity contribution < 1.29 is 26.4 Å². The molecule has 1 aromatic carbocycles.